The number of carbonyl (C=O) groups is 1. The summed E-state index contributed by atoms with van der Waals surface area (Å²) in [7, 11) is 0. The average molecular weight is 331 g/mol. The Bertz CT molecular complexity index is 689. The molecule has 1 saturated carbocycles. The highest BCUT2D eigenvalue weighted by Crippen LogP contribution is 2.33. The van der Waals surface area contributed by atoms with Gasteiger partial charge in [-0.15, -0.1) is 0 Å². The minimum Gasteiger partial charge on any atom is -0.351 e. The van der Waals surface area contributed by atoms with Crippen LogP contribution < -0.4 is 5.32 Å². The quantitative estimate of drug-likeness (QED) is 0.819. The minimum atomic E-state index is 0.0122. The van der Waals surface area contributed by atoms with Crippen LogP contribution in [0.15, 0.2) is 18.2 Å². The van der Waals surface area contributed by atoms with Gasteiger partial charge in [-0.1, -0.05) is 25.8 Å². The van der Waals surface area contributed by atoms with Crippen molar-refractivity contribution in [2.45, 2.75) is 45.1 Å². The van der Waals surface area contributed by atoms with E-state index < -0.39 is 0 Å². The zero-order valence-electron chi connectivity index (χ0n) is 14.0. The van der Waals surface area contributed by atoms with Crippen molar-refractivity contribution in [1.29, 1.82) is 0 Å². The Balaban J connectivity index is 1.93. The summed E-state index contributed by atoms with van der Waals surface area (Å²) in [6.07, 6.45) is 7.93. The van der Waals surface area contributed by atoms with Crippen LogP contribution in [0, 0.1) is 0 Å². The maximum atomic E-state index is 12.3. The summed E-state index contributed by atoms with van der Waals surface area (Å²) in [4.78, 5) is 12.3. The predicted octanol–water partition coefficient (Wildman–Crippen LogP) is 3.81. The third-order valence-corrected chi connectivity index (χ3v) is 5.26. The Morgan fingerprint density at radius 1 is 1.39 bits per heavy atom. The van der Waals surface area contributed by atoms with Crippen LogP contribution in [0.4, 0.5) is 0 Å². The summed E-state index contributed by atoms with van der Waals surface area (Å²) in [5.74, 6) is 0.951. The van der Waals surface area contributed by atoms with E-state index in [0.717, 1.165) is 28.9 Å². The Morgan fingerprint density at radius 2 is 2.17 bits per heavy atom. The van der Waals surface area contributed by atoms with Gasteiger partial charge in [-0.05, 0) is 37.7 Å². The molecule has 0 saturated heterocycles. The van der Waals surface area contributed by atoms with Crippen LogP contribution in [-0.2, 0) is 6.42 Å². The number of hydrogen-bond donors (Lipinski definition) is 1. The van der Waals surface area contributed by atoms with E-state index in [1.807, 2.05) is 18.4 Å². The molecule has 1 fully saturated rings. The molecule has 1 heterocycles. The lowest BCUT2D eigenvalue weighted by Crippen LogP contribution is -2.25. The highest BCUT2D eigenvalue weighted by Gasteiger charge is 2.22. The second kappa shape index (κ2) is 7.39. The lowest BCUT2D eigenvalue weighted by Gasteiger charge is -2.12. The number of nitrogens with one attached hydrogen (secondary N) is 1. The van der Waals surface area contributed by atoms with Gasteiger partial charge in [-0.2, -0.15) is 16.9 Å². The molecule has 5 heteroatoms. The van der Waals surface area contributed by atoms with E-state index in [0.29, 0.717) is 12.6 Å². The highest BCUT2D eigenvalue weighted by atomic mass is 32.2. The molecule has 0 spiro atoms. The summed E-state index contributed by atoms with van der Waals surface area (Å²) in [6, 6.07) is 6.51. The van der Waals surface area contributed by atoms with Crippen molar-refractivity contribution in [3.05, 3.63) is 29.5 Å². The van der Waals surface area contributed by atoms with Crippen molar-refractivity contribution in [1.82, 2.24) is 15.1 Å². The molecule has 0 bridgehead atoms. The second-order valence-corrected chi connectivity index (χ2v) is 7.15. The number of nitrogens with zero attached hydrogens (tertiary/aromatic N) is 2. The summed E-state index contributed by atoms with van der Waals surface area (Å²) in [5.41, 5.74) is 2.99. The molecule has 1 aromatic heterocycles. The van der Waals surface area contributed by atoms with Crippen LogP contribution in [0.5, 0.6) is 0 Å². The number of aryl methyl sites for hydroxylation is 1. The molecule has 2 aromatic rings. The first-order chi connectivity index (χ1) is 11.2. The Labute approximate surface area is 142 Å². The minimum absolute atomic E-state index is 0.0122. The third-order valence-electron chi connectivity index (χ3n) is 4.64. The molecule has 1 aliphatic rings. The first-order valence-electron chi connectivity index (χ1n) is 8.53. The number of rotatable bonds is 6. The molecule has 0 unspecified atom stereocenters. The van der Waals surface area contributed by atoms with Gasteiger partial charge in [0.05, 0.1) is 17.3 Å². The second-order valence-electron chi connectivity index (χ2n) is 6.16. The predicted molar refractivity (Wildman–Crippen MR) is 97.3 cm³/mol. The van der Waals surface area contributed by atoms with Crippen LogP contribution >= 0.6 is 11.8 Å². The van der Waals surface area contributed by atoms with E-state index in [4.69, 9.17) is 5.10 Å². The van der Waals surface area contributed by atoms with E-state index in [-0.39, 0.29) is 5.91 Å². The van der Waals surface area contributed by atoms with E-state index in [1.54, 1.807) is 11.8 Å². The SMILES string of the molecule is CCc1nn(C2CCCC2)c2cc(C(=O)NCCSC)ccc12. The van der Waals surface area contributed by atoms with E-state index in [9.17, 15) is 4.79 Å². The van der Waals surface area contributed by atoms with E-state index in [1.165, 1.54) is 31.1 Å². The number of aromatic nitrogens is 2. The molecule has 0 radical (unpaired) electrons. The molecule has 0 aliphatic heterocycles. The monoisotopic (exact) mass is 331 g/mol. The molecule has 124 valence electrons. The fourth-order valence-electron chi connectivity index (χ4n) is 3.40. The number of thioether (sulfide) groups is 1. The molecule has 23 heavy (non-hydrogen) atoms. The van der Waals surface area contributed by atoms with E-state index in [2.05, 4.69) is 23.0 Å². The Morgan fingerprint density at radius 3 is 2.87 bits per heavy atom. The van der Waals surface area contributed by atoms with Crippen LogP contribution in [0.2, 0.25) is 0 Å². The van der Waals surface area contributed by atoms with Crippen molar-refractivity contribution >= 4 is 28.6 Å². The van der Waals surface area contributed by atoms with Gasteiger partial charge < -0.3 is 5.32 Å². The first kappa shape index (κ1) is 16.4. The van der Waals surface area contributed by atoms with Crippen LogP contribution in [0.3, 0.4) is 0 Å². The molecule has 3 rings (SSSR count). The van der Waals surface area contributed by atoms with Gasteiger partial charge in [0, 0.05) is 23.2 Å². The van der Waals surface area contributed by atoms with Gasteiger partial charge in [-0.3, -0.25) is 9.48 Å². The molecule has 1 N–H and O–H groups in total. The van der Waals surface area contributed by atoms with E-state index >= 15 is 0 Å². The van der Waals surface area contributed by atoms with Crippen LogP contribution in [0.25, 0.3) is 10.9 Å². The zero-order chi connectivity index (χ0) is 16.2. The summed E-state index contributed by atoms with van der Waals surface area (Å²) >= 11 is 1.74. The highest BCUT2D eigenvalue weighted by molar-refractivity contribution is 7.98. The molecule has 1 amide bonds. The van der Waals surface area contributed by atoms with Gasteiger partial charge in [0.2, 0.25) is 0 Å². The fraction of sp³-hybridized carbons (Fsp3) is 0.556. The molecular formula is C18H25N3OS. The van der Waals surface area contributed by atoms with Crippen molar-refractivity contribution in [3.63, 3.8) is 0 Å². The normalized spacial score (nSPS) is 15.4. The van der Waals surface area contributed by atoms with Crippen LogP contribution in [-0.4, -0.2) is 34.2 Å². The average Bonchev–Trinajstić information content (AvgIpc) is 3.21. The summed E-state index contributed by atoms with van der Waals surface area (Å²) < 4.78 is 2.18. The third kappa shape index (κ3) is 3.39. The lowest BCUT2D eigenvalue weighted by atomic mass is 10.1. The van der Waals surface area contributed by atoms with Crippen molar-refractivity contribution in [3.8, 4) is 0 Å². The van der Waals surface area contributed by atoms with Gasteiger partial charge >= 0.3 is 0 Å². The number of benzene rings is 1. The standard InChI is InChI=1S/C18H25N3OS/c1-3-16-15-9-8-13(18(22)19-10-11-23-2)12-17(15)21(20-16)14-6-4-5-7-14/h8-9,12,14H,3-7,10-11H2,1-2H3,(H,19,22). The van der Waals surface area contributed by atoms with Gasteiger partial charge in [0.15, 0.2) is 0 Å². The van der Waals surface area contributed by atoms with Crippen molar-refractivity contribution in [2.75, 3.05) is 18.6 Å². The Kier molecular flexibility index (Phi) is 5.26. The summed E-state index contributed by atoms with van der Waals surface area (Å²) in [6.45, 7) is 2.85. The van der Waals surface area contributed by atoms with Crippen molar-refractivity contribution in [2.24, 2.45) is 0 Å². The maximum absolute atomic E-state index is 12.3. The Hall–Kier alpha value is -1.49. The molecule has 0 atom stereocenters. The van der Waals surface area contributed by atoms with Gasteiger partial charge in [-0.25, -0.2) is 0 Å². The lowest BCUT2D eigenvalue weighted by molar-refractivity contribution is 0.0956. The smallest absolute Gasteiger partial charge is 0.251 e. The largest absolute Gasteiger partial charge is 0.351 e. The van der Waals surface area contributed by atoms with Gasteiger partial charge in [0.25, 0.3) is 5.91 Å². The molecule has 1 aliphatic carbocycles. The molecule has 4 nitrogen and oxygen atoms in total. The van der Waals surface area contributed by atoms with Crippen molar-refractivity contribution < 1.29 is 4.79 Å². The maximum Gasteiger partial charge on any atom is 0.251 e. The number of carbonyl (C=O) groups excluding carboxylic acids is 1. The zero-order valence-corrected chi connectivity index (χ0v) is 14.8. The topological polar surface area (TPSA) is 46.9 Å². The molecular weight excluding hydrogens is 306 g/mol. The van der Waals surface area contributed by atoms with Gasteiger partial charge in [0.1, 0.15) is 0 Å². The molecule has 1 aromatic carbocycles. The van der Waals surface area contributed by atoms with Crippen LogP contribution in [0.1, 0.15) is 54.7 Å². The number of fused-ring (bicyclic) bond motifs is 1. The first-order valence-corrected chi connectivity index (χ1v) is 9.92. The summed E-state index contributed by atoms with van der Waals surface area (Å²) in [5, 5.41) is 9.03. The number of amides is 1. The number of hydrogen-bond acceptors (Lipinski definition) is 3. The fourth-order valence-corrected chi connectivity index (χ4v) is 3.71.